The van der Waals surface area contributed by atoms with Crippen molar-refractivity contribution < 1.29 is 0 Å². The Morgan fingerprint density at radius 2 is 2.06 bits per heavy atom. The molecule has 18 heavy (non-hydrogen) atoms. The first-order chi connectivity index (χ1) is 8.58. The van der Waals surface area contributed by atoms with Gasteiger partial charge in [0.15, 0.2) is 11.0 Å². The van der Waals surface area contributed by atoms with Gasteiger partial charge in [0.25, 0.3) is 0 Å². The van der Waals surface area contributed by atoms with E-state index in [2.05, 4.69) is 34.0 Å². The highest BCUT2D eigenvalue weighted by molar-refractivity contribution is 6.32. The van der Waals surface area contributed by atoms with Crippen LogP contribution in [0.15, 0.2) is 6.33 Å². The number of aromatic nitrogens is 2. The van der Waals surface area contributed by atoms with Gasteiger partial charge in [0.05, 0.1) is 0 Å². The van der Waals surface area contributed by atoms with Crippen molar-refractivity contribution in [2.24, 2.45) is 0 Å². The van der Waals surface area contributed by atoms with E-state index in [0.29, 0.717) is 28.7 Å². The van der Waals surface area contributed by atoms with Crippen molar-refractivity contribution in [2.45, 2.75) is 38.8 Å². The lowest BCUT2D eigenvalue weighted by molar-refractivity contribution is 0.177. The third kappa shape index (κ3) is 3.03. The van der Waals surface area contributed by atoms with Crippen LogP contribution in [0.3, 0.4) is 0 Å². The molecule has 0 spiro atoms. The minimum absolute atomic E-state index is 0.312. The van der Waals surface area contributed by atoms with Crippen LogP contribution < -0.4 is 11.1 Å². The van der Waals surface area contributed by atoms with Crippen molar-refractivity contribution in [1.82, 2.24) is 14.9 Å². The van der Waals surface area contributed by atoms with Gasteiger partial charge in [-0.15, -0.1) is 0 Å². The number of anilines is 2. The van der Waals surface area contributed by atoms with E-state index in [1.54, 1.807) is 0 Å². The summed E-state index contributed by atoms with van der Waals surface area (Å²) in [5.74, 6) is 0.651. The van der Waals surface area contributed by atoms with Gasteiger partial charge in [0, 0.05) is 25.2 Å². The van der Waals surface area contributed by atoms with Gasteiger partial charge >= 0.3 is 0 Å². The number of likely N-dealkylation sites (tertiary alicyclic amines) is 1. The van der Waals surface area contributed by atoms with Crippen molar-refractivity contribution in [3.63, 3.8) is 0 Å². The number of hydrogen-bond acceptors (Lipinski definition) is 5. The molecule has 1 aliphatic heterocycles. The fourth-order valence-corrected chi connectivity index (χ4v) is 2.38. The second-order valence-corrected chi connectivity index (χ2v) is 5.33. The monoisotopic (exact) mass is 269 g/mol. The largest absolute Gasteiger partial charge is 0.393 e. The predicted octanol–water partition coefficient (Wildman–Crippen LogP) is 2.00. The maximum Gasteiger partial charge on any atom is 0.157 e. The van der Waals surface area contributed by atoms with Gasteiger partial charge in [-0.1, -0.05) is 11.6 Å². The summed E-state index contributed by atoms with van der Waals surface area (Å²) in [6, 6.07) is 1.03. The molecule has 0 aromatic carbocycles. The molecule has 0 amide bonds. The molecule has 0 saturated carbocycles. The van der Waals surface area contributed by atoms with Crippen molar-refractivity contribution in [3.05, 3.63) is 11.5 Å². The van der Waals surface area contributed by atoms with E-state index < -0.39 is 0 Å². The van der Waals surface area contributed by atoms with Crippen LogP contribution in [-0.2, 0) is 0 Å². The average Bonchev–Trinajstić information content (AvgIpc) is 2.36. The molecular weight excluding hydrogens is 250 g/mol. The number of piperidine rings is 1. The summed E-state index contributed by atoms with van der Waals surface area (Å²) in [6.07, 6.45) is 3.63. The molecule has 0 bridgehead atoms. The summed E-state index contributed by atoms with van der Waals surface area (Å²) in [4.78, 5) is 10.5. The van der Waals surface area contributed by atoms with Crippen LogP contribution in [0.5, 0.6) is 0 Å². The lowest BCUT2D eigenvalue weighted by Gasteiger charge is -2.35. The molecule has 6 heteroatoms. The number of nitrogen functional groups attached to an aromatic ring is 1. The van der Waals surface area contributed by atoms with Crippen LogP contribution in [0.4, 0.5) is 11.5 Å². The summed E-state index contributed by atoms with van der Waals surface area (Å²) < 4.78 is 0. The molecule has 100 valence electrons. The number of nitrogens with zero attached hydrogens (tertiary/aromatic N) is 3. The first-order valence-electron chi connectivity index (χ1n) is 6.34. The van der Waals surface area contributed by atoms with Crippen molar-refractivity contribution in [2.75, 3.05) is 24.1 Å². The average molecular weight is 270 g/mol. The maximum atomic E-state index is 5.87. The zero-order chi connectivity index (χ0) is 13.1. The standard InChI is InChI=1S/C12H20ClN5/c1-8(2)18-5-3-9(4-6-18)17-12-10(14)11(13)15-7-16-12/h7-9H,3-6,14H2,1-2H3,(H,15,16,17). The van der Waals surface area contributed by atoms with Crippen molar-refractivity contribution >= 4 is 23.1 Å². The Bertz CT molecular complexity index is 401. The van der Waals surface area contributed by atoms with E-state index in [0.717, 1.165) is 25.9 Å². The summed E-state index contributed by atoms with van der Waals surface area (Å²) in [7, 11) is 0. The molecule has 3 N–H and O–H groups in total. The minimum Gasteiger partial charge on any atom is -0.393 e. The molecule has 1 fully saturated rings. The highest BCUT2D eigenvalue weighted by Gasteiger charge is 2.21. The Morgan fingerprint density at radius 1 is 1.39 bits per heavy atom. The molecule has 1 saturated heterocycles. The van der Waals surface area contributed by atoms with E-state index in [1.165, 1.54) is 6.33 Å². The maximum absolute atomic E-state index is 5.87. The smallest absolute Gasteiger partial charge is 0.157 e. The summed E-state index contributed by atoms with van der Waals surface area (Å²) in [5, 5.41) is 3.67. The molecule has 2 rings (SSSR count). The van der Waals surface area contributed by atoms with Crippen LogP contribution in [0.2, 0.25) is 5.15 Å². The van der Waals surface area contributed by atoms with Gasteiger partial charge in [-0.3, -0.25) is 0 Å². The second-order valence-electron chi connectivity index (χ2n) is 4.98. The van der Waals surface area contributed by atoms with Crippen LogP contribution in [0.25, 0.3) is 0 Å². The van der Waals surface area contributed by atoms with Crippen molar-refractivity contribution in [1.29, 1.82) is 0 Å². The normalized spacial score (nSPS) is 18.2. The molecule has 1 aliphatic rings. The van der Waals surface area contributed by atoms with Gasteiger partial charge < -0.3 is 16.0 Å². The summed E-state index contributed by atoms with van der Waals surface area (Å²) >= 11 is 5.87. The van der Waals surface area contributed by atoms with Crippen molar-refractivity contribution in [3.8, 4) is 0 Å². The number of rotatable bonds is 3. The van der Waals surface area contributed by atoms with Gasteiger partial charge in [-0.25, -0.2) is 9.97 Å². The highest BCUT2D eigenvalue weighted by atomic mass is 35.5. The third-order valence-corrected chi connectivity index (χ3v) is 3.74. The Morgan fingerprint density at radius 3 is 2.67 bits per heavy atom. The summed E-state index contributed by atoms with van der Waals surface area (Å²) in [5.41, 5.74) is 6.28. The zero-order valence-electron chi connectivity index (χ0n) is 10.9. The number of hydrogen-bond donors (Lipinski definition) is 2. The highest BCUT2D eigenvalue weighted by Crippen LogP contribution is 2.24. The Balaban J connectivity index is 1.94. The molecule has 0 aliphatic carbocycles. The number of nitrogens with one attached hydrogen (secondary N) is 1. The molecular formula is C12H20ClN5. The molecule has 1 aromatic heterocycles. The lowest BCUT2D eigenvalue weighted by Crippen LogP contribution is -2.42. The van der Waals surface area contributed by atoms with E-state index >= 15 is 0 Å². The Hall–Kier alpha value is -1.07. The molecule has 5 nitrogen and oxygen atoms in total. The van der Waals surface area contributed by atoms with E-state index in [-0.39, 0.29) is 0 Å². The minimum atomic E-state index is 0.312. The van der Waals surface area contributed by atoms with E-state index in [9.17, 15) is 0 Å². The van der Waals surface area contributed by atoms with E-state index in [1.807, 2.05) is 0 Å². The Labute approximate surface area is 113 Å². The number of halogens is 1. The van der Waals surface area contributed by atoms with Gasteiger partial charge in [-0.2, -0.15) is 0 Å². The molecule has 0 radical (unpaired) electrons. The molecule has 1 aromatic rings. The fraction of sp³-hybridized carbons (Fsp3) is 0.667. The van der Waals surface area contributed by atoms with Gasteiger partial charge in [0.2, 0.25) is 0 Å². The first-order valence-corrected chi connectivity index (χ1v) is 6.72. The molecule has 2 heterocycles. The summed E-state index contributed by atoms with van der Waals surface area (Å²) in [6.45, 7) is 6.67. The molecule has 0 atom stereocenters. The van der Waals surface area contributed by atoms with Crippen LogP contribution >= 0.6 is 11.6 Å². The Kier molecular flexibility index (Phi) is 4.24. The topological polar surface area (TPSA) is 67.1 Å². The first kappa shape index (κ1) is 13.4. The zero-order valence-corrected chi connectivity index (χ0v) is 11.6. The fourth-order valence-electron chi connectivity index (χ4n) is 2.24. The lowest BCUT2D eigenvalue weighted by atomic mass is 10.0. The molecule has 0 unspecified atom stereocenters. The van der Waals surface area contributed by atoms with E-state index in [4.69, 9.17) is 17.3 Å². The number of nitrogens with two attached hydrogens (primary N) is 1. The van der Waals surface area contributed by atoms with Crippen LogP contribution in [-0.4, -0.2) is 40.0 Å². The van der Waals surface area contributed by atoms with Crippen LogP contribution in [0, 0.1) is 0 Å². The SMILES string of the molecule is CC(C)N1CCC(Nc2ncnc(Cl)c2N)CC1. The van der Waals surface area contributed by atoms with Gasteiger partial charge in [-0.05, 0) is 26.7 Å². The predicted molar refractivity (Wildman–Crippen MR) is 74.8 cm³/mol. The van der Waals surface area contributed by atoms with Crippen LogP contribution in [0.1, 0.15) is 26.7 Å². The third-order valence-electron chi connectivity index (χ3n) is 3.44. The quantitative estimate of drug-likeness (QED) is 0.822. The van der Waals surface area contributed by atoms with Gasteiger partial charge in [0.1, 0.15) is 12.0 Å². The second kappa shape index (κ2) is 5.71.